The number of fused-ring (bicyclic) bond motifs is 1. The number of rotatable bonds is 7. The normalized spacial score (nSPS) is 14.4. The second-order valence-corrected chi connectivity index (χ2v) is 8.05. The van der Waals surface area contributed by atoms with Crippen LogP contribution in [0.15, 0.2) is 48.7 Å². The SMILES string of the molecule is CCc1cc(C(F)(C(F)(F)F)C(F)(F)C(F)(F)F)cc(OC(F)F)c1NC(=O)c1ccc2c(ccc[n+]2O)c1. The van der Waals surface area contributed by atoms with Crippen LogP contribution in [0.5, 0.6) is 5.75 Å². The number of aromatic nitrogens is 1. The van der Waals surface area contributed by atoms with Crippen LogP contribution in [0, 0.1) is 0 Å². The number of hydrogen-bond donors (Lipinski definition) is 2. The molecule has 5 nitrogen and oxygen atoms in total. The second-order valence-electron chi connectivity index (χ2n) is 8.05. The van der Waals surface area contributed by atoms with Crippen LogP contribution in [0.2, 0.25) is 0 Å². The number of halogens is 11. The monoisotopic (exact) mass is 577 g/mol. The van der Waals surface area contributed by atoms with Crippen molar-refractivity contribution in [1.29, 1.82) is 0 Å². The summed E-state index contributed by atoms with van der Waals surface area (Å²) in [6, 6.07) is 6.05. The third-order valence-electron chi connectivity index (χ3n) is 5.64. The molecule has 1 aromatic heterocycles. The van der Waals surface area contributed by atoms with E-state index in [4.69, 9.17) is 0 Å². The predicted molar refractivity (Wildman–Crippen MR) is 112 cm³/mol. The van der Waals surface area contributed by atoms with Gasteiger partial charge in [-0.1, -0.05) is 6.92 Å². The first kappa shape index (κ1) is 29.7. The molecule has 0 spiro atoms. The molecule has 0 aliphatic rings. The van der Waals surface area contributed by atoms with E-state index >= 15 is 4.39 Å². The Morgan fingerprint density at radius 3 is 2.15 bits per heavy atom. The molecule has 16 heteroatoms. The molecule has 1 heterocycles. The van der Waals surface area contributed by atoms with Gasteiger partial charge in [0.25, 0.3) is 11.4 Å². The Morgan fingerprint density at radius 2 is 1.62 bits per heavy atom. The van der Waals surface area contributed by atoms with Crippen molar-refractivity contribution in [2.75, 3.05) is 5.32 Å². The van der Waals surface area contributed by atoms with E-state index in [0.717, 1.165) is 13.0 Å². The molecular weight excluding hydrogens is 561 g/mol. The fraction of sp³-hybridized carbons (Fsp3) is 0.304. The van der Waals surface area contributed by atoms with Gasteiger partial charge in [-0.3, -0.25) is 10.0 Å². The van der Waals surface area contributed by atoms with Gasteiger partial charge in [0.2, 0.25) is 6.20 Å². The summed E-state index contributed by atoms with van der Waals surface area (Å²) in [5, 5.41) is 12.1. The second kappa shape index (κ2) is 10.0. The smallest absolute Gasteiger partial charge is 0.433 e. The average Bonchev–Trinajstić information content (AvgIpc) is 2.82. The Morgan fingerprint density at radius 1 is 0.974 bits per heavy atom. The Hall–Kier alpha value is -3.85. The summed E-state index contributed by atoms with van der Waals surface area (Å²) in [6.45, 7) is -2.75. The number of carbonyl (C=O) groups is 1. The van der Waals surface area contributed by atoms with Crippen molar-refractivity contribution >= 4 is 22.5 Å². The molecule has 2 aromatic carbocycles. The molecule has 1 unspecified atom stereocenters. The van der Waals surface area contributed by atoms with Crippen LogP contribution >= 0.6 is 0 Å². The van der Waals surface area contributed by atoms with Gasteiger partial charge in [-0.25, -0.2) is 4.39 Å². The molecule has 39 heavy (non-hydrogen) atoms. The molecule has 1 atom stereocenters. The van der Waals surface area contributed by atoms with Crippen molar-refractivity contribution in [3.05, 3.63) is 65.4 Å². The molecule has 1 amide bonds. The first-order valence-electron chi connectivity index (χ1n) is 10.6. The minimum absolute atomic E-state index is 0.0455. The zero-order chi connectivity index (χ0) is 29.6. The van der Waals surface area contributed by atoms with E-state index in [0.29, 0.717) is 10.1 Å². The van der Waals surface area contributed by atoms with Gasteiger partial charge in [0.05, 0.1) is 11.1 Å². The standard InChI is InChI=1S/C23H15F11N2O3/c1-2-11-9-14(20(26,22(29,30)31)21(27,28)23(32,33)34)10-16(39-19(24)25)17(11)35-18(37)13-5-6-15-12(8-13)4-3-7-36(15)38/h3-10,19H,2H2,1H3,(H-,35,37,38)/p+1. The van der Waals surface area contributed by atoms with Crippen molar-refractivity contribution in [3.63, 3.8) is 0 Å². The Balaban J connectivity index is 2.20. The maximum Gasteiger partial charge on any atom is 0.457 e. The van der Waals surface area contributed by atoms with Gasteiger partial charge in [0, 0.05) is 28.0 Å². The number of alkyl halides is 11. The molecule has 3 rings (SSSR count). The summed E-state index contributed by atoms with van der Waals surface area (Å²) in [4.78, 5) is 12.8. The quantitative estimate of drug-likeness (QED) is 0.187. The minimum atomic E-state index is -7.05. The summed E-state index contributed by atoms with van der Waals surface area (Å²) in [6.07, 6.45) is -13.2. The number of anilines is 1. The number of carbonyl (C=O) groups excluding carboxylic acids is 1. The van der Waals surface area contributed by atoms with E-state index in [-0.39, 0.29) is 17.1 Å². The summed E-state index contributed by atoms with van der Waals surface area (Å²) in [5.41, 5.74) is -10.3. The number of amides is 1. The maximum absolute atomic E-state index is 15.0. The molecule has 0 bridgehead atoms. The largest absolute Gasteiger partial charge is 0.457 e. The summed E-state index contributed by atoms with van der Waals surface area (Å²) >= 11 is 0. The van der Waals surface area contributed by atoms with Crippen LogP contribution in [-0.2, 0) is 12.1 Å². The van der Waals surface area contributed by atoms with Crippen LogP contribution in [0.1, 0.15) is 28.4 Å². The van der Waals surface area contributed by atoms with Crippen molar-refractivity contribution in [3.8, 4) is 5.75 Å². The van der Waals surface area contributed by atoms with Crippen LogP contribution < -0.4 is 14.8 Å². The lowest BCUT2D eigenvalue weighted by Crippen LogP contribution is -2.59. The molecule has 2 N–H and O–H groups in total. The van der Waals surface area contributed by atoms with E-state index in [1.165, 1.54) is 30.5 Å². The number of nitrogens with zero attached hydrogens (tertiary/aromatic N) is 1. The van der Waals surface area contributed by atoms with Crippen molar-refractivity contribution in [1.82, 2.24) is 0 Å². The van der Waals surface area contributed by atoms with Gasteiger partial charge in [0.1, 0.15) is 5.75 Å². The molecule has 0 radical (unpaired) electrons. The topological polar surface area (TPSA) is 62.4 Å². The highest BCUT2D eigenvalue weighted by atomic mass is 19.4. The van der Waals surface area contributed by atoms with E-state index in [2.05, 4.69) is 4.74 Å². The maximum atomic E-state index is 15.0. The van der Waals surface area contributed by atoms with Crippen LogP contribution in [-0.4, -0.2) is 36.0 Å². The third kappa shape index (κ3) is 5.23. The van der Waals surface area contributed by atoms with Gasteiger partial charge in [-0.05, 0) is 42.3 Å². The van der Waals surface area contributed by atoms with Crippen LogP contribution in [0.3, 0.4) is 0 Å². The van der Waals surface area contributed by atoms with Crippen LogP contribution in [0.4, 0.5) is 54.0 Å². The zero-order valence-electron chi connectivity index (χ0n) is 19.3. The number of benzene rings is 2. The number of ether oxygens (including phenoxy) is 1. The Bertz CT molecular complexity index is 1390. The van der Waals surface area contributed by atoms with E-state index in [1.54, 1.807) is 0 Å². The summed E-state index contributed by atoms with van der Waals surface area (Å²) in [5.74, 6) is -9.65. The Kier molecular flexibility index (Phi) is 7.64. The average molecular weight is 577 g/mol. The van der Waals surface area contributed by atoms with Gasteiger partial charge >= 0.3 is 30.6 Å². The van der Waals surface area contributed by atoms with Gasteiger partial charge in [0.15, 0.2) is 0 Å². The lowest BCUT2D eigenvalue weighted by atomic mass is 9.85. The number of pyridine rings is 1. The van der Waals surface area contributed by atoms with Crippen molar-refractivity contribution in [2.24, 2.45) is 0 Å². The Labute approximate surface area is 211 Å². The molecule has 0 aliphatic carbocycles. The molecule has 212 valence electrons. The van der Waals surface area contributed by atoms with E-state index < -0.39 is 71.5 Å². The molecular formula is C23H16F11N2O3+. The first-order chi connectivity index (χ1) is 17.8. The third-order valence-corrected chi connectivity index (χ3v) is 5.64. The predicted octanol–water partition coefficient (Wildman–Crippen LogP) is 6.71. The number of nitrogens with one attached hydrogen (secondary N) is 1. The fourth-order valence-electron chi connectivity index (χ4n) is 3.73. The molecule has 0 fully saturated rings. The fourth-order valence-corrected chi connectivity index (χ4v) is 3.73. The van der Waals surface area contributed by atoms with Gasteiger partial charge in [-0.2, -0.15) is 43.9 Å². The number of hydrogen-bond acceptors (Lipinski definition) is 3. The zero-order valence-corrected chi connectivity index (χ0v) is 19.3. The number of aryl methyl sites for hydroxylation is 1. The highest BCUT2D eigenvalue weighted by molar-refractivity contribution is 6.07. The molecule has 0 aliphatic heterocycles. The highest BCUT2D eigenvalue weighted by Gasteiger charge is 2.81. The lowest BCUT2D eigenvalue weighted by Gasteiger charge is -2.36. The van der Waals surface area contributed by atoms with Crippen LogP contribution in [0.25, 0.3) is 10.9 Å². The molecule has 0 saturated carbocycles. The van der Waals surface area contributed by atoms with Gasteiger partial charge in [-0.15, -0.1) is 0 Å². The minimum Gasteiger partial charge on any atom is -0.433 e. The highest BCUT2D eigenvalue weighted by Crippen LogP contribution is 2.59. The van der Waals surface area contributed by atoms with Crippen molar-refractivity contribution < 1.29 is 67.8 Å². The van der Waals surface area contributed by atoms with Gasteiger partial charge < -0.3 is 10.1 Å². The van der Waals surface area contributed by atoms with E-state index in [9.17, 15) is 53.9 Å². The lowest BCUT2D eigenvalue weighted by molar-refractivity contribution is -0.884. The van der Waals surface area contributed by atoms with Crippen molar-refractivity contribution in [2.45, 2.75) is 43.9 Å². The van der Waals surface area contributed by atoms with E-state index in [1.807, 2.05) is 5.32 Å². The summed E-state index contributed by atoms with van der Waals surface area (Å²) < 4.78 is 153. The summed E-state index contributed by atoms with van der Waals surface area (Å²) in [7, 11) is 0. The molecule has 0 saturated heterocycles. The first-order valence-corrected chi connectivity index (χ1v) is 10.6. The molecule has 3 aromatic rings.